The SMILES string of the molecule is CC(=O)NC(CNc1ccccn1)[C@@H](O)C(O[C@@H]1OC(CO)[C@H](O[C@@H]2OC(CO)[C@H](O)[C@H](O)C2O)[C@H](O)C1NC(C)=O)C(O)CO. The highest BCUT2D eigenvalue weighted by Gasteiger charge is 2.52. The number of aliphatic hydroxyl groups excluding tert-OH is 9. The normalized spacial score (nSPS) is 34.2. The van der Waals surface area contributed by atoms with Crippen molar-refractivity contribution in [2.24, 2.45) is 0 Å². The molecule has 7 unspecified atom stereocenters. The summed E-state index contributed by atoms with van der Waals surface area (Å²) in [6.45, 7) is -0.407. The van der Waals surface area contributed by atoms with Crippen molar-refractivity contribution in [3.63, 3.8) is 0 Å². The number of carbonyl (C=O) groups is 2. The van der Waals surface area contributed by atoms with Crippen LogP contribution in [-0.2, 0) is 28.5 Å². The maximum Gasteiger partial charge on any atom is 0.217 e. The highest BCUT2D eigenvalue weighted by molar-refractivity contribution is 5.73. The molecule has 19 heteroatoms. The van der Waals surface area contributed by atoms with E-state index >= 15 is 0 Å². The Kier molecular flexibility index (Phi) is 14.4. The van der Waals surface area contributed by atoms with Crippen molar-refractivity contribution in [2.45, 2.75) is 99.6 Å². The third kappa shape index (κ3) is 9.47. The summed E-state index contributed by atoms with van der Waals surface area (Å²) in [6, 6.07) is 2.30. The monoisotopic (exact) mass is 664 g/mol. The molecule has 1 aromatic rings. The van der Waals surface area contributed by atoms with Gasteiger partial charge in [-0.25, -0.2) is 4.98 Å². The quantitative estimate of drug-likeness (QED) is 0.0830. The second kappa shape index (κ2) is 17.5. The van der Waals surface area contributed by atoms with Crippen LogP contribution in [0.5, 0.6) is 0 Å². The molecule has 0 saturated carbocycles. The number of aliphatic hydroxyl groups is 9. The van der Waals surface area contributed by atoms with Crippen LogP contribution in [0.1, 0.15) is 13.8 Å². The van der Waals surface area contributed by atoms with Crippen LogP contribution in [0.2, 0.25) is 0 Å². The summed E-state index contributed by atoms with van der Waals surface area (Å²) in [5, 5.41) is 101. The summed E-state index contributed by atoms with van der Waals surface area (Å²) in [4.78, 5) is 28.2. The first-order valence-corrected chi connectivity index (χ1v) is 14.5. The van der Waals surface area contributed by atoms with Gasteiger partial charge in [-0.2, -0.15) is 0 Å². The first-order valence-electron chi connectivity index (χ1n) is 14.5. The zero-order valence-corrected chi connectivity index (χ0v) is 25.1. The van der Waals surface area contributed by atoms with E-state index in [2.05, 4.69) is 20.9 Å². The van der Waals surface area contributed by atoms with Gasteiger partial charge in [0, 0.05) is 26.6 Å². The molecule has 1 aromatic heterocycles. The lowest BCUT2D eigenvalue weighted by Crippen LogP contribution is -2.68. The highest BCUT2D eigenvalue weighted by Crippen LogP contribution is 2.31. The summed E-state index contributed by atoms with van der Waals surface area (Å²) in [5.74, 6) is -0.866. The van der Waals surface area contributed by atoms with Gasteiger partial charge in [0.25, 0.3) is 0 Å². The van der Waals surface area contributed by atoms with Crippen LogP contribution >= 0.6 is 0 Å². The van der Waals surface area contributed by atoms with Crippen LogP contribution in [0.4, 0.5) is 5.82 Å². The predicted molar refractivity (Wildman–Crippen MR) is 152 cm³/mol. The van der Waals surface area contributed by atoms with E-state index in [0.29, 0.717) is 5.82 Å². The van der Waals surface area contributed by atoms with E-state index < -0.39 is 117 Å². The molecule has 0 radical (unpaired) electrons. The van der Waals surface area contributed by atoms with Gasteiger partial charge in [-0.1, -0.05) is 6.07 Å². The van der Waals surface area contributed by atoms with Crippen molar-refractivity contribution >= 4 is 17.6 Å². The fourth-order valence-corrected chi connectivity index (χ4v) is 5.16. The minimum atomic E-state index is -1.87. The average molecular weight is 665 g/mol. The molecule has 46 heavy (non-hydrogen) atoms. The van der Waals surface area contributed by atoms with Gasteiger partial charge in [-0.3, -0.25) is 9.59 Å². The van der Waals surface area contributed by atoms with E-state index in [0.717, 1.165) is 6.92 Å². The van der Waals surface area contributed by atoms with Gasteiger partial charge in [-0.05, 0) is 12.1 Å². The molecular formula is C27H44N4O15. The molecule has 0 aromatic carbocycles. The van der Waals surface area contributed by atoms with E-state index in [1.165, 1.54) is 13.1 Å². The maximum atomic E-state index is 12.1. The summed E-state index contributed by atoms with van der Waals surface area (Å²) in [5.41, 5.74) is 0. The van der Waals surface area contributed by atoms with E-state index in [9.17, 15) is 55.5 Å². The number of anilines is 1. The van der Waals surface area contributed by atoms with Crippen LogP contribution < -0.4 is 16.0 Å². The lowest BCUT2D eigenvalue weighted by molar-refractivity contribution is -0.354. The molecule has 12 N–H and O–H groups in total. The Hall–Kier alpha value is -2.63. The number of ether oxygens (including phenoxy) is 4. The third-order valence-electron chi connectivity index (χ3n) is 7.53. The molecule has 262 valence electrons. The molecule has 19 nitrogen and oxygen atoms in total. The Morgan fingerprint density at radius 2 is 1.59 bits per heavy atom. The van der Waals surface area contributed by atoms with Gasteiger partial charge in [0.1, 0.15) is 72.9 Å². The molecule has 2 aliphatic heterocycles. The average Bonchev–Trinajstić information content (AvgIpc) is 3.03. The Bertz CT molecular complexity index is 1090. The number of aromatic nitrogens is 1. The van der Waals surface area contributed by atoms with Gasteiger partial charge in [-0.15, -0.1) is 0 Å². The molecular weight excluding hydrogens is 620 g/mol. The van der Waals surface area contributed by atoms with Gasteiger partial charge >= 0.3 is 0 Å². The molecule has 0 spiro atoms. The Morgan fingerprint density at radius 1 is 0.913 bits per heavy atom. The number of nitrogens with one attached hydrogen (secondary N) is 3. The lowest BCUT2D eigenvalue weighted by atomic mass is 9.94. The topological polar surface area (TPSA) is 302 Å². The van der Waals surface area contributed by atoms with E-state index in [-0.39, 0.29) is 6.54 Å². The minimum Gasteiger partial charge on any atom is -0.394 e. The number of hydrogen-bond acceptors (Lipinski definition) is 17. The van der Waals surface area contributed by atoms with E-state index in [1.807, 2.05) is 0 Å². The summed E-state index contributed by atoms with van der Waals surface area (Å²) in [7, 11) is 0. The van der Waals surface area contributed by atoms with Crippen molar-refractivity contribution in [1.82, 2.24) is 15.6 Å². The molecule has 3 heterocycles. The molecule has 3 rings (SSSR count). The second-order valence-corrected chi connectivity index (χ2v) is 11.0. The van der Waals surface area contributed by atoms with Gasteiger partial charge in [0.05, 0.1) is 25.9 Å². The Morgan fingerprint density at radius 3 is 2.15 bits per heavy atom. The number of nitrogens with zero attached hydrogens (tertiary/aromatic N) is 1. The number of pyridine rings is 1. The van der Waals surface area contributed by atoms with Crippen molar-refractivity contribution in [3.8, 4) is 0 Å². The van der Waals surface area contributed by atoms with Crippen LogP contribution in [0.15, 0.2) is 24.4 Å². The lowest BCUT2D eigenvalue weighted by Gasteiger charge is -2.48. The maximum absolute atomic E-state index is 12.1. The number of amides is 2. The molecule has 2 saturated heterocycles. The summed E-state index contributed by atoms with van der Waals surface area (Å²) < 4.78 is 22.6. The van der Waals surface area contributed by atoms with Crippen LogP contribution in [0.25, 0.3) is 0 Å². The van der Waals surface area contributed by atoms with E-state index in [4.69, 9.17) is 18.9 Å². The standard InChI is InChI=1S/C27H44N4O15/c1-11(35)30-13(7-29-17-5-3-4-6-28-17)19(38)24(14(37)8-32)45-26-18(31-12(2)36)21(40)25(16(10-34)44-26)46-27-23(42)22(41)20(39)15(9-33)43-27/h3-6,13-16,18-27,32-34,37-42H,7-10H2,1-2H3,(H,28,29)(H,30,35)(H,31,36)/t13?,14?,15?,16?,18?,19-,20+,21-,22+,23?,24?,25+,26+,27+/m1/s1. The molecule has 0 bridgehead atoms. The number of rotatable bonds is 15. The zero-order chi connectivity index (χ0) is 34.1. The minimum absolute atomic E-state index is 0.132. The van der Waals surface area contributed by atoms with Crippen LogP contribution in [0, 0.1) is 0 Å². The molecule has 14 atom stereocenters. The first-order chi connectivity index (χ1) is 21.8. The van der Waals surface area contributed by atoms with Gasteiger partial charge in [0.15, 0.2) is 12.6 Å². The molecule has 2 amide bonds. The smallest absolute Gasteiger partial charge is 0.217 e. The molecule has 2 fully saturated rings. The summed E-state index contributed by atoms with van der Waals surface area (Å²) in [6.07, 6.45) is -18.9. The second-order valence-electron chi connectivity index (χ2n) is 11.0. The van der Waals surface area contributed by atoms with Gasteiger partial charge in [0.2, 0.25) is 11.8 Å². The van der Waals surface area contributed by atoms with Crippen LogP contribution in [-0.4, -0.2) is 175 Å². The first kappa shape index (κ1) is 37.8. The highest BCUT2D eigenvalue weighted by atomic mass is 16.7. The fraction of sp³-hybridized carbons (Fsp3) is 0.741. The number of carbonyl (C=O) groups excluding carboxylic acids is 2. The third-order valence-corrected chi connectivity index (χ3v) is 7.53. The van der Waals surface area contributed by atoms with Crippen molar-refractivity contribution in [3.05, 3.63) is 24.4 Å². The largest absolute Gasteiger partial charge is 0.394 e. The van der Waals surface area contributed by atoms with Crippen molar-refractivity contribution in [2.75, 3.05) is 31.7 Å². The zero-order valence-electron chi connectivity index (χ0n) is 25.1. The van der Waals surface area contributed by atoms with Gasteiger partial charge < -0.3 is 80.9 Å². The predicted octanol–water partition coefficient (Wildman–Crippen LogP) is -6.13. The number of hydrogen-bond donors (Lipinski definition) is 12. The Balaban J connectivity index is 1.86. The molecule has 2 aliphatic rings. The Labute approximate surface area is 263 Å². The van der Waals surface area contributed by atoms with Crippen molar-refractivity contribution < 1.29 is 74.5 Å². The molecule has 0 aliphatic carbocycles. The van der Waals surface area contributed by atoms with E-state index in [1.54, 1.807) is 18.2 Å². The van der Waals surface area contributed by atoms with Crippen LogP contribution in [0.3, 0.4) is 0 Å². The summed E-state index contributed by atoms with van der Waals surface area (Å²) >= 11 is 0. The van der Waals surface area contributed by atoms with Crippen molar-refractivity contribution in [1.29, 1.82) is 0 Å². The fourth-order valence-electron chi connectivity index (χ4n) is 5.16.